The van der Waals surface area contributed by atoms with E-state index in [1.807, 2.05) is 0 Å². The first kappa shape index (κ1) is 26.8. The van der Waals surface area contributed by atoms with Crippen LogP contribution in [-0.2, 0) is 5.41 Å². The van der Waals surface area contributed by atoms with Crippen molar-refractivity contribution >= 4 is 0 Å². The minimum absolute atomic E-state index is 0.198. The molecule has 0 aromatic heterocycles. The minimum Gasteiger partial charge on any atom is -0.491 e. The third-order valence-electron chi connectivity index (χ3n) is 5.30. The average Bonchev–Trinajstić information content (AvgIpc) is 2.77. The monoisotopic (exact) mass is 476 g/mol. The van der Waals surface area contributed by atoms with Crippen LogP contribution in [-0.4, -0.2) is 71.9 Å². The van der Waals surface area contributed by atoms with Gasteiger partial charge in [0.15, 0.2) is 0 Å². The van der Waals surface area contributed by atoms with Gasteiger partial charge in [0.2, 0.25) is 0 Å². The van der Waals surface area contributed by atoms with Crippen molar-refractivity contribution in [3.05, 3.63) is 58.7 Å². The van der Waals surface area contributed by atoms with Gasteiger partial charge in [-0.15, -0.1) is 0 Å². The molecule has 0 saturated heterocycles. The molecular weight excluding hydrogens is 448 g/mol. The van der Waals surface area contributed by atoms with Crippen molar-refractivity contribution in [2.24, 2.45) is 0 Å². The van der Waals surface area contributed by atoms with Crippen molar-refractivity contribution in [1.82, 2.24) is 0 Å². The Morgan fingerprint density at radius 2 is 1.18 bits per heavy atom. The number of rotatable bonds is 11. The van der Waals surface area contributed by atoms with Gasteiger partial charge < -0.3 is 29.9 Å². The highest BCUT2D eigenvalue weighted by atomic mass is 19.4. The maximum absolute atomic E-state index is 14.4. The van der Waals surface area contributed by atoms with Crippen LogP contribution < -0.4 is 9.47 Å². The smallest absolute Gasteiger partial charge is 0.404 e. The van der Waals surface area contributed by atoms with Crippen LogP contribution in [0.1, 0.15) is 22.3 Å². The third-order valence-corrected chi connectivity index (χ3v) is 5.30. The zero-order valence-corrected chi connectivity index (χ0v) is 18.3. The molecular formula is C23H28F4O6. The normalized spacial score (nSPS) is 15.6. The molecule has 2 atom stereocenters. The molecule has 0 spiro atoms. The van der Waals surface area contributed by atoms with Gasteiger partial charge in [-0.05, 0) is 48.2 Å². The summed E-state index contributed by atoms with van der Waals surface area (Å²) in [5.74, 6) is 0.395. The van der Waals surface area contributed by atoms with Crippen molar-refractivity contribution in [2.75, 3.05) is 33.1 Å². The lowest BCUT2D eigenvalue weighted by Gasteiger charge is -2.35. The third kappa shape index (κ3) is 5.94. The molecule has 0 aliphatic rings. The number of hydrogen-bond donors (Lipinski definition) is 4. The maximum Gasteiger partial charge on any atom is 0.404 e. The van der Waals surface area contributed by atoms with Gasteiger partial charge in [-0.1, -0.05) is 24.3 Å². The number of ether oxygens (including phenoxy) is 2. The maximum atomic E-state index is 14.4. The van der Waals surface area contributed by atoms with Crippen LogP contribution in [0.15, 0.2) is 36.4 Å². The van der Waals surface area contributed by atoms with E-state index in [9.17, 15) is 27.8 Å². The van der Waals surface area contributed by atoms with Gasteiger partial charge in [0, 0.05) is 0 Å². The number of hydrogen-bond acceptors (Lipinski definition) is 6. The van der Waals surface area contributed by atoms with Gasteiger partial charge in [0.25, 0.3) is 0 Å². The predicted molar refractivity (Wildman–Crippen MR) is 112 cm³/mol. The molecule has 0 heterocycles. The Bertz CT molecular complexity index is 855. The minimum atomic E-state index is -4.98. The molecule has 0 radical (unpaired) electrons. The van der Waals surface area contributed by atoms with Gasteiger partial charge in [-0.25, -0.2) is 4.39 Å². The Labute approximate surface area is 189 Å². The highest BCUT2D eigenvalue weighted by Crippen LogP contribution is 2.48. The Morgan fingerprint density at radius 1 is 0.788 bits per heavy atom. The molecule has 0 fully saturated rings. The van der Waals surface area contributed by atoms with Gasteiger partial charge in [-0.3, -0.25) is 0 Å². The summed E-state index contributed by atoms with van der Waals surface area (Å²) in [7, 11) is 0. The van der Waals surface area contributed by atoms with Crippen LogP contribution in [0.5, 0.6) is 11.5 Å². The lowest BCUT2D eigenvalue weighted by molar-refractivity contribution is -0.182. The first-order chi connectivity index (χ1) is 15.5. The molecule has 0 bridgehead atoms. The fourth-order valence-electron chi connectivity index (χ4n) is 3.36. The fourth-order valence-corrected chi connectivity index (χ4v) is 3.36. The summed E-state index contributed by atoms with van der Waals surface area (Å²) in [6, 6.07) is 7.16. The van der Waals surface area contributed by atoms with Gasteiger partial charge in [0.05, 0.1) is 13.2 Å². The first-order valence-corrected chi connectivity index (χ1v) is 10.2. The van der Waals surface area contributed by atoms with E-state index in [0.29, 0.717) is 11.1 Å². The second-order valence-corrected chi connectivity index (χ2v) is 7.79. The second kappa shape index (κ2) is 11.1. The first-order valence-electron chi connectivity index (χ1n) is 10.2. The molecule has 0 aliphatic carbocycles. The van der Waals surface area contributed by atoms with E-state index in [1.165, 1.54) is 38.1 Å². The Balaban J connectivity index is 2.48. The molecule has 0 amide bonds. The summed E-state index contributed by atoms with van der Waals surface area (Å²) in [6.45, 7) is -0.327. The topological polar surface area (TPSA) is 99.4 Å². The lowest BCUT2D eigenvalue weighted by Crippen LogP contribution is -2.45. The van der Waals surface area contributed by atoms with E-state index in [1.54, 1.807) is 0 Å². The van der Waals surface area contributed by atoms with E-state index in [2.05, 4.69) is 0 Å². The summed E-state index contributed by atoms with van der Waals surface area (Å²) in [5.41, 5.74) is -3.00. The number of aliphatic hydroxyl groups excluding tert-OH is 4. The van der Waals surface area contributed by atoms with Crippen LogP contribution in [0, 0.1) is 13.8 Å². The zero-order chi connectivity index (χ0) is 24.8. The molecule has 2 unspecified atom stereocenters. The molecule has 184 valence electrons. The standard InChI is InChI=1S/C23H28F4O6/c1-14-7-16(3-5-20(14)32-11-18(30)9-28)22(13-24,23(25,26)27)17-4-6-21(15(2)8-17)33-12-19(31)10-29/h3-8,18-19,28-31H,9-13H2,1-2H3. The molecule has 0 saturated carbocycles. The largest absolute Gasteiger partial charge is 0.491 e. The van der Waals surface area contributed by atoms with Crippen molar-refractivity contribution < 1.29 is 47.5 Å². The summed E-state index contributed by atoms with van der Waals surface area (Å²) in [6.07, 6.45) is -7.27. The SMILES string of the molecule is Cc1cc(C(CF)(c2ccc(OCC(O)CO)c(C)c2)C(F)(F)F)ccc1OCC(O)CO. The summed E-state index contributed by atoms with van der Waals surface area (Å²) < 4.78 is 68.2. The van der Waals surface area contributed by atoms with E-state index < -0.39 is 43.7 Å². The molecule has 6 nitrogen and oxygen atoms in total. The molecule has 0 aliphatic heterocycles. The van der Waals surface area contributed by atoms with Gasteiger partial charge >= 0.3 is 6.18 Å². The highest BCUT2D eigenvalue weighted by molar-refractivity contribution is 5.49. The van der Waals surface area contributed by atoms with Gasteiger partial charge in [-0.2, -0.15) is 13.2 Å². The molecule has 2 aromatic carbocycles. The Morgan fingerprint density at radius 3 is 1.45 bits per heavy atom. The predicted octanol–water partition coefficient (Wildman–Crippen LogP) is 2.59. The van der Waals surface area contributed by atoms with Crippen LogP contribution in [0.2, 0.25) is 0 Å². The van der Waals surface area contributed by atoms with E-state index >= 15 is 0 Å². The van der Waals surface area contributed by atoms with Crippen molar-refractivity contribution in [3.63, 3.8) is 0 Å². The second-order valence-electron chi connectivity index (χ2n) is 7.79. The van der Waals surface area contributed by atoms with Crippen LogP contribution >= 0.6 is 0 Å². The van der Waals surface area contributed by atoms with Crippen molar-refractivity contribution in [2.45, 2.75) is 37.6 Å². The van der Waals surface area contributed by atoms with E-state index in [-0.39, 0.29) is 35.8 Å². The average molecular weight is 476 g/mol. The number of halogens is 4. The molecule has 33 heavy (non-hydrogen) atoms. The van der Waals surface area contributed by atoms with E-state index in [0.717, 1.165) is 12.1 Å². The molecule has 2 rings (SSSR count). The number of aryl methyl sites for hydroxylation is 2. The highest BCUT2D eigenvalue weighted by Gasteiger charge is 2.57. The van der Waals surface area contributed by atoms with Crippen molar-refractivity contribution in [3.8, 4) is 11.5 Å². The fraction of sp³-hybridized carbons (Fsp3) is 0.478. The summed E-state index contributed by atoms with van der Waals surface area (Å²) in [5, 5.41) is 36.6. The van der Waals surface area contributed by atoms with Crippen LogP contribution in [0.4, 0.5) is 17.6 Å². The van der Waals surface area contributed by atoms with Crippen LogP contribution in [0.3, 0.4) is 0 Å². The Hall–Kier alpha value is -2.40. The lowest BCUT2D eigenvalue weighted by atomic mass is 9.74. The quantitative estimate of drug-likeness (QED) is 0.372. The zero-order valence-electron chi connectivity index (χ0n) is 18.3. The number of benzene rings is 2. The van der Waals surface area contributed by atoms with E-state index in [4.69, 9.17) is 19.7 Å². The van der Waals surface area contributed by atoms with Crippen molar-refractivity contribution in [1.29, 1.82) is 0 Å². The number of aliphatic hydroxyl groups is 4. The van der Waals surface area contributed by atoms with Gasteiger partial charge in [0.1, 0.15) is 49.0 Å². The summed E-state index contributed by atoms with van der Waals surface area (Å²) in [4.78, 5) is 0. The Kier molecular flexibility index (Phi) is 9.07. The molecule has 2 aromatic rings. The summed E-state index contributed by atoms with van der Waals surface area (Å²) >= 11 is 0. The molecule has 10 heteroatoms. The number of alkyl halides is 4. The molecule has 4 N–H and O–H groups in total. The van der Waals surface area contributed by atoms with Crippen LogP contribution in [0.25, 0.3) is 0 Å².